The van der Waals surface area contributed by atoms with E-state index in [0.29, 0.717) is 23.7 Å². The summed E-state index contributed by atoms with van der Waals surface area (Å²) >= 11 is 1.33. The van der Waals surface area contributed by atoms with Crippen molar-refractivity contribution in [3.63, 3.8) is 0 Å². The van der Waals surface area contributed by atoms with Gasteiger partial charge >= 0.3 is 5.63 Å². The number of thioether (sulfide) groups is 1. The fourth-order valence-corrected chi connectivity index (χ4v) is 3.35. The smallest absolute Gasteiger partial charge is 0.339 e. The lowest BCUT2D eigenvalue weighted by atomic mass is 10.1. The number of rotatable bonds is 12. The second-order valence-electron chi connectivity index (χ2n) is 6.13. The highest BCUT2D eigenvalue weighted by atomic mass is 32.2. The molecule has 146 valence electrons. The number of unbranched alkanes of at least 4 members (excludes halogenated alkanes) is 5. The maximum atomic E-state index is 11.7. The van der Waals surface area contributed by atoms with Gasteiger partial charge in [-0.15, -0.1) is 0 Å². The van der Waals surface area contributed by atoms with Gasteiger partial charge in [0.25, 0.3) is 0 Å². The quantitative estimate of drug-likeness (QED) is 0.290. The molecule has 0 radical (unpaired) electrons. The van der Waals surface area contributed by atoms with Gasteiger partial charge in [-0.05, 0) is 37.1 Å². The van der Waals surface area contributed by atoms with Crippen molar-refractivity contribution < 1.29 is 18.7 Å². The van der Waals surface area contributed by atoms with Crippen LogP contribution in [0.4, 0.5) is 0 Å². The zero-order chi connectivity index (χ0) is 19.5. The maximum Gasteiger partial charge on any atom is 0.339 e. The molecule has 0 spiro atoms. The van der Waals surface area contributed by atoms with E-state index < -0.39 is 5.63 Å². The Morgan fingerprint density at radius 2 is 1.89 bits per heavy atom. The van der Waals surface area contributed by atoms with Crippen molar-refractivity contribution in [1.29, 1.82) is 0 Å². The number of carbonyl (C=O) groups excluding carboxylic acids is 1. The summed E-state index contributed by atoms with van der Waals surface area (Å²) in [6, 6.07) is 6.65. The molecule has 0 unspecified atom stereocenters. The molecule has 2 rings (SSSR count). The molecular formula is C21H26O5S. The van der Waals surface area contributed by atoms with Crippen molar-refractivity contribution in [3.05, 3.63) is 47.3 Å². The number of methoxy groups -OCH3 is 1. The summed E-state index contributed by atoms with van der Waals surface area (Å²) in [5.74, 6) is 2.08. The molecule has 0 aliphatic rings. The third-order valence-corrected chi connectivity index (χ3v) is 5.06. The van der Waals surface area contributed by atoms with E-state index in [-0.39, 0.29) is 5.12 Å². The van der Waals surface area contributed by atoms with Gasteiger partial charge < -0.3 is 13.9 Å². The summed E-state index contributed by atoms with van der Waals surface area (Å²) in [5.41, 5.74) is 0.0709. The molecule has 0 N–H and O–H groups in total. The van der Waals surface area contributed by atoms with Crippen LogP contribution in [-0.4, -0.2) is 24.6 Å². The highest BCUT2D eigenvalue weighted by molar-refractivity contribution is 8.14. The summed E-state index contributed by atoms with van der Waals surface area (Å²) in [7, 11) is 1.59. The Labute approximate surface area is 163 Å². The standard InChI is InChI=1S/C21H26O5S/c1-3-21(23)27-13-9-7-5-4-6-8-12-25-19-15-20(22)26-18-11-10-16(24-2)14-17(18)19/h3,10-11,14-15H,1,4-9,12-13H2,2H3. The number of ether oxygens (including phenoxy) is 2. The van der Waals surface area contributed by atoms with Crippen molar-refractivity contribution in [3.8, 4) is 11.5 Å². The fourth-order valence-electron chi connectivity index (χ4n) is 2.68. The SMILES string of the molecule is C=CC(=O)SCCCCCCCCOc1cc(=O)oc2ccc(OC)cc12. The average molecular weight is 391 g/mol. The van der Waals surface area contributed by atoms with E-state index in [1.807, 2.05) is 6.07 Å². The maximum absolute atomic E-state index is 11.7. The van der Waals surface area contributed by atoms with E-state index in [9.17, 15) is 9.59 Å². The first-order valence-electron chi connectivity index (χ1n) is 9.18. The van der Waals surface area contributed by atoms with Crippen LogP contribution >= 0.6 is 11.8 Å². The Hall–Kier alpha value is -2.21. The molecule has 0 fully saturated rings. The van der Waals surface area contributed by atoms with Crippen LogP contribution in [0.3, 0.4) is 0 Å². The van der Waals surface area contributed by atoms with Crippen LogP contribution in [0.25, 0.3) is 11.0 Å². The van der Waals surface area contributed by atoms with Gasteiger partial charge in [-0.25, -0.2) is 4.79 Å². The number of hydrogen-bond donors (Lipinski definition) is 0. The Morgan fingerprint density at radius 3 is 2.63 bits per heavy atom. The third-order valence-electron chi connectivity index (χ3n) is 4.12. The van der Waals surface area contributed by atoms with Gasteiger partial charge in [0.2, 0.25) is 5.12 Å². The monoisotopic (exact) mass is 390 g/mol. The van der Waals surface area contributed by atoms with E-state index in [1.54, 1.807) is 19.2 Å². The molecule has 1 aromatic carbocycles. The molecular weight excluding hydrogens is 364 g/mol. The number of hydrogen-bond acceptors (Lipinski definition) is 6. The molecule has 1 aromatic heterocycles. The Morgan fingerprint density at radius 1 is 1.15 bits per heavy atom. The minimum atomic E-state index is -0.421. The van der Waals surface area contributed by atoms with Gasteiger partial charge in [0.05, 0.1) is 25.2 Å². The normalized spacial score (nSPS) is 10.7. The molecule has 6 heteroatoms. The van der Waals surface area contributed by atoms with E-state index in [4.69, 9.17) is 13.9 Å². The summed E-state index contributed by atoms with van der Waals surface area (Å²) < 4.78 is 16.2. The van der Waals surface area contributed by atoms with Crippen LogP contribution < -0.4 is 15.1 Å². The van der Waals surface area contributed by atoms with E-state index in [2.05, 4.69) is 6.58 Å². The molecule has 0 saturated heterocycles. The number of benzene rings is 1. The number of fused-ring (bicyclic) bond motifs is 1. The third kappa shape index (κ3) is 7.13. The molecule has 2 aromatic rings. The zero-order valence-electron chi connectivity index (χ0n) is 15.7. The Balaban J connectivity index is 1.69. The molecule has 5 nitrogen and oxygen atoms in total. The molecule has 0 aliphatic carbocycles. The molecule has 0 atom stereocenters. The van der Waals surface area contributed by atoms with Crippen molar-refractivity contribution >= 4 is 27.8 Å². The zero-order valence-corrected chi connectivity index (χ0v) is 16.5. The first-order chi connectivity index (χ1) is 13.1. The van der Waals surface area contributed by atoms with Gasteiger partial charge in [0.1, 0.15) is 17.1 Å². The molecule has 1 heterocycles. The lowest BCUT2D eigenvalue weighted by Crippen LogP contribution is -2.03. The van der Waals surface area contributed by atoms with E-state index in [0.717, 1.165) is 49.7 Å². The topological polar surface area (TPSA) is 65.7 Å². The van der Waals surface area contributed by atoms with E-state index in [1.165, 1.54) is 23.9 Å². The van der Waals surface area contributed by atoms with Crippen LogP contribution in [0.15, 0.2) is 46.1 Å². The second kappa shape index (κ2) is 11.5. The minimum absolute atomic E-state index is 0.0484. The van der Waals surface area contributed by atoms with Crippen LogP contribution in [0, 0.1) is 0 Å². The number of carbonyl (C=O) groups is 1. The predicted octanol–water partition coefficient (Wildman–Crippen LogP) is 4.97. The van der Waals surface area contributed by atoms with Gasteiger partial charge in [-0.2, -0.15) is 0 Å². The molecule has 0 amide bonds. The molecule has 0 saturated carbocycles. The molecule has 0 aliphatic heterocycles. The van der Waals surface area contributed by atoms with Crippen LogP contribution in [0.2, 0.25) is 0 Å². The fraction of sp³-hybridized carbons (Fsp3) is 0.429. The lowest BCUT2D eigenvalue weighted by molar-refractivity contribution is -0.107. The summed E-state index contributed by atoms with van der Waals surface area (Å²) in [5, 5.41) is 0.785. The van der Waals surface area contributed by atoms with Crippen molar-refractivity contribution in [2.45, 2.75) is 38.5 Å². The summed E-state index contributed by atoms with van der Waals surface area (Å²) in [6.45, 7) is 4.01. The summed E-state index contributed by atoms with van der Waals surface area (Å²) in [6.07, 6.45) is 7.82. The highest BCUT2D eigenvalue weighted by Crippen LogP contribution is 2.27. The van der Waals surface area contributed by atoms with Crippen molar-refractivity contribution in [2.24, 2.45) is 0 Å². The minimum Gasteiger partial charge on any atom is -0.497 e. The molecule has 0 bridgehead atoms. The van der Waals surface area contributed by atoms with Gasteiger partial charge in [0.15, 0.2) is 0 Å². The summed E-state index contributed by atoms with van der Waals surface area (Å²) in [4.78, 5) is 22.7. The second-order valence-corrected chi connectivity index (χ2v) is 7.23. The Bertz CT molecular complexity index is 812. The Kier molecular flexibility index (Phi) is 8.98. The highest BCUT2D eigenvalue weighted by Gasteiger charge is 2.08. The lowest BCUT2D eigenvalue weighted by Gasteiger charge is -2.09. The van der Waals surface area contributed by atoms with Gasteiger partial charge in [-0.1, -0.05) is 44.0 Å². The van der Waals surface area contributed by atoms with Crippen LogP contribution in [0.1, 0.15) is 38.5 Å². The first-order valence-corrected chi connectivity index (χ1v) is 10.2. The molecule has 27 heavy (non-hydrogen) atoms. The van der Waals surface area contributed by atoms with Gasteiger partial charge in [0, 0.05) is 5.75 Å². The first kappa shape index (κ1) is 21.1. The average Bonchev–Trinajstić information content (AvgIpc) is 2.68. The van der Waals surface area contributed by atoms with Crippen LogP contribution in [0.5, 0.6) is 11.5 Å². The van der Waals surface area contributed by atoms with Crippen molar-refractivity contribution in [2.75, 3.05) is 19.5 Å². The van der Waals surface area contributed by atoms with Gasteiger partial charge in [-0.3, -0.25) is 4.79 Å². The van der Waals surface area contributed by atoms with E-state index >= 15 is 0 Å². The van der Waals surface area contributed by atoms with Crippen molar-refractivity contribution in [1.82, 2.24) is 0 Å². The van der Waals surface area contributed by atoms with Crippen LogP contribution in [-0.2, 0) is 4.79 Å². The predicted molar refractivity (Wildman–Crippen MR) is 110 cm³/mol. The largest absolute Gasteiger partial charge is 0.497 e.